The van der Waals surface area contributed by atoms with Gasteiger partial charge in [0.25, 0.3) is 0 Å². The third-order valence-electron chi connectivity index (χ3n) is 4.87. The summed E-state index contributed by atoms with van der Waals surface area (Å²) in [7, 11) is 0. The van der Waals surface area contributed by atoms with E-state index < -0.39 is 0 Å². The summed E-state index contributed by atoms with van der Waals surface area (Å²) < 4.78 is 1.12. The maximum atomic E-state index is 3.49. The first kappa shape index (κ1) is 17.4. The van der Waals surface area contributed by atoms with Crippen LogP contribution in [0.25, 0.3) is 16.7 Å². The van der Waals surface area contributed by atoms with Gasteiger partial charge in [-0.05, 0) is 67.3 Å². The normalized spacial score (nSPS) is 16.8. The van der Waals surface area contributed by atoms with Crippen LogP contribution in [0.4, 0.5) is 0 Å². The zero-order chi connectivity index (χ0) is 16.8. The minimum absolute atomic E-state index is 1.08. The van der Waals surface area contributed by atoms with Crippen molar-refractivity contribution in [1.82, 2.24) is 4.90 Å². The summed E-state index contributed by atoms with van der Waals surface area (Å²) in [6.45, 7) is 5.82. The SMILES string of the molecule is CC(=CCN1CCCCCC1)c1ccc(-c2ccc(Br)cc2)cc1. The van der Waals surface area contributed by atoms with E-state index in [1.165, 1.54) is 61.0 Å². The van der Waals surface area contributed by atoms with Crippen LogP contribution < -0.4 is 0 Å². The van der Waals surface area contributed by atoms with Crippen LogP contribution >= 0.6 is 15.9 Å². The van der Waals surface area contributed by atoms with Crippen molar-refractivity contribution in [2.45, 2.75) is 32.6 Å². The fraction of sp³-hybridized carbons (Fsp3) is 0.364. The Balaban J connectivity index is 1.65. The number of rotatable bonds is 4. The fourth-order valence-electron chi connectivity index (χ4n) is 3.27. The van der Waals surface area contributed by atoms with Gasteiger partial charge in [-0.2, -0.15) is 0 Å². The molecule has 0 bridgehead atoms. The molecule has 0 atom stereocenters. The van der Waals surface area contributed by atoms with Gasteiger partial charge in [0.05, 0.1) is 0 Å². The highest BCUT2D eigenvalue weighted by Gasteiger charge is 2.07. The third kappa shape index (κ3) is 4.81. The molecule has 0 amide bonds. The Labute approximate surface area is 154 Å². The van der Waals surface area contributed by atoms with Crippen LogP contribution in [0.3, 0.4) is 0 Å². The van der Waals surface area contributed by atoms with Gasteiger partial charge in [0.15, 0.2) is 0 Å². The minimum atomic E-state index is 1.08. The Hall–Kier alpha value is -1.38. The molecule has 1 nitrogen and oxygen atoms in total. The van der Waals surface area contributed by atoms with Crippen LogP contribution in [0.5, 0.6) is 0 Å². The molecule has 1 heterocycles. The summed E-state index contributed by atoms with van der Waals surface area (Å²) in [4.78, 5) is 2.59. The molecule has 126 valence electrons. The lowest BCUT2D eigenvalue weighted by Crippen LogP contribution is -2.24. The molecule has 1 aliphatic rings. The molecule has 0 saturated carbocycles. The van der Waals surface area contributed by atoms with Crippen LogP contribution in [-0.2, 0) is 0 Å². The average molecular weight is 384 g/mol. The van der Waals surface area contributed by atoms with Crippen molar-refractivity contribution < 1.29 is 0 Å². The van der Waals surface area contributed by atoms with Gasteiger partial charge in [0.1, 0.15) is 0 Å². The van der Waals surface area contributed by atoms with Crippen LogP contribution in [0.2, 0.25) is 0 Å². The van der Waals surface area contributed by atoms with Gasteiger partial charge in [-0.1, -0.05) is 71.2 Å². The van der Waals surface area contributed by atoms with Crippen LogP contribution in [0, 0.1) is 0 Å². The highest BCUT2D eigenvalue weighted by atomic mass is 79.9. The number of benzene rings is 2. The zero-order valence-electron chi connectivity index (χ0n) is 14.5. The summed E-state index contributed by atoms with van der Waals surface area (Å²) in [5.74, 6) is 0. The van der Waals surface area contributed by atoms with E-state index >= 15 is 0 Å². The van der Waals surface area contributed by atoms with Gasteiger partial charge in [-0.25, -0.2) is 0 Å². The summed E-state index contributed by atoms with van der Waals surface area (Å²) >= 11 is 3.49. The molecule has 24 heavy (non-hydrogen) atoms. The van der Waals surface area contributed by atoms with E-state index in [0.29, 0.717) is 0 Å². The first-order chi connectivity index (χ1) is 11.7. The minimum Gasteiger partial charge on any atom is -0.300 e. The Morgan fingerprint density at radius 1 is 0.875 bits per heavy atom. The summed E-state index contributed by atoms with van der Waals surface area (Å²) in [5.41, 5.74) is 5.23. The summed E-state index contributed by atoms with van der Waals surface area (Å²) in [6.07, 6.45) is 7.90. The highest BCUT2D eigenvalue weighted by molar-refractivity contribution is 9.10. The Morgan fingerprint density at radius 2 is 1.42 bits per heavy atom. The second kappa shape index (κ2) is 8.64. The molecule has 1 aliphatic heterocycles. The fourth-order valence-corrected chi connectivity index (χ4v) is 3.53. The van der Waals surface area contributed by atoms with Gasteiger partial charge in [0, 0.05) is 11.0 Å². The van der Waals surface area contributed by atoms with E-state index in [-0.39, 0.29) is 0 Å². The monoisotopic (exact) mass is 383 g/mol. The molecular weight excluding hydrogens is 358 g/mol. The molecule has 1 fully saturated rings. The van der Waals surface area contributed by atoms with E-state index in [9.17, 15) is 0 Å². The first-order valence-electron chi connectivity index (χ1n) is 8.98. The van der Waals surface area contributed by atoms with Gasteiger partial charge in [-0.3, -0.25) is 4.90 Å². The molecule has 0 aromatic heterocycles. The van der Waals surface area contributed by atoms with Crippen molar-refractivity contribution in [3.05, 3.63) is 64.6 Å². The number of halogens is 1. The maximum absolute atomic E-state index is 3.49. The molecule has 1 saturated heterocycles. The predicted octanol–water partition coefficient (Wildman–Crippen LogP) is 6.40. The quantitative estimate of drug-likeness (QED) is 0.590. The molecule has 0 spiro atoms. The average Bonchev–Trinajstić information content (AvgIpc) is 2.89. The third-order valence-corrected chi connectivity index (χ3v) is 5.40. The highest BCUT2D eigenvalue weighted by Crippen LogP contribution is 2.24. The van der Waals surface area contributed by atoms with Gasteiger partial charge in [-0.15, -0.1) is 0 Å². The van der Waals surface area contributed by atoms with E-state index in [4.69, 9.17) is 0 Å². The van der Waals surface area contributed by atoms with Crippen molar-refractivity contribution in [2.24, 2.45) is 0 Å². The molecular formula is C22H26BrN. The summed E-state index contributed by atoms with van der Waals surface area (Å²) in [5, 5.41) is 0. The predicted molar refractivity (Wildman–Crippen MR) is 108 cm³/mol. The molecule has 0 aliphatic carbocycles. The number of hydrogen-bond acceptors (Lipinski definition) is 1. The molecule has 2 aromatic rings. The summed E-state index contributed by atoms with van der Waals surface area (Å²) in [6, 6.07) is 17.4. The zero-order valence-corrected chi connectivity index (χ0v) is 16.1. The lowest BCUT2D eigenvalue weighted by atomic mass is 10.0. The van der Waals surface area contributed by atoms with Crippen LogP contribution in [0.1, 0.15) is 38.2 Å². The Kier molecular flexibility index (Phi) is 6.28. The van der Waals surface area contributed by atoms with E-state index in [1.54, 1.807) is 0 Å². The standard InChI is InChI=1S/C22H26BrN/c1-18(14-17-24-15-4-2-3-5-16-24)19-6-8-20(9-7-19)21-10-12-22(23)13-11-21/h6-14H,2-5,15-17H2,1H3. The van der Waals surface area contributed by atoms with E-state index in [0.717, 1.165) is 11.0 Å². The van der Waals surface area contributed by atoms with Gasteiger partial charge >= 0.3 is 0 Å². The molecule has 0 unspecified atom stereocenters. The van der Waals surface area contributed by atoms with Gasteiger partial charge in [0.2, 0.25) is 0 Å². The van der Waals surface area contributed by atoms with Crippen molar-refractivity contribution in [1.29, 1.82) is 0 Å². The van der Waals surface area contributed by atoms with Crippen LogP contribution in [0.15, 0.2) is 59.1 Å². The van der Waals surface area contributed by atoms with Crippen molar-refractivity contribution >= 4 is 21.5 Å². The van der Waals surface area contributed by atoms with Crippen molar-refractivity contribution in [3.63, 3.8) is 0 Å². The molecule has 3 rings (SSSR count). The molecule has 0 radical (unpaired) electrons. The Morgan fingerprint density at radius 3 is 2.00 bits per heavy atom. The maximum Gasteiger partial charge on any atom is 0.0175 e. The second-order valence-corrected chi connectivity index (χ2v) is 7.60. The number of likely N-dealkylation sites (tertiary alicyclic amines) is 1. The second-order valence-electron chi connectivity index (χ2n) is 6.69. The lowest BCUT2D eigenvalue weighted by Gasteiger charge is -2.18. The van der Waals surface area contributed by atoms with Crippen molar-refractivity contribution in [2.75, 3.05) is 19.6 Å². The topological polar surface area (TPSA) is 3.24 Å². The van der Waals surface area contributed by atoms with E-state index in [1.807, 2.05) is 0 Å². The lowest BCUT2D eigenvalue weighted by molar-refractivity contribution is 0.316. The number of nitrogens with zero attached hydrogens (tertiary/aromatic N) is 1. The molecule has 2 heteroatoms. The van der Waals surface area contributed by atoms with E-state index in [2.05, 4.69) is 82.4 Å². The smallest absolute Gasteiger partial charge is 0.0175 e. The van der Waals surface area contributed by atoms with Gasteiger partial charge < -0.3 is 0 Å². The molecule has 2 aromatic carbocycles. The number of allylic oxidation sites excluding steroid dienone is 1. The molecule has 0 N–H and O–H groups in total. The first-order valence-corrected chi connectivity index (χ1v) is 9.77. The van der Waals surface area contributed by atoms with Crippen LogP contribution in [-0.4, -0.2) is 24.5 Å². The Bertz CT molecular complexity index is 662. The number of hydrogen-bond donors (Lipinski definition) is 0. The van der Waals surface area contributed by atoms with Crippen molar-refractivity contribution in [3.8, 4) is 11.1 Å². The largest absolute Gasteiger partial charge is 0.300 e.